The molecule has 2 saturated heterocycles. The SMILES string of the molecule is COc1cc(C2CC(C(=O)O)C3C(NNC3c3cccc([N+](=O)[O-])c3)N2)cc(OC)c1O. The molecule has 5 N–H and O–H groups in total. The maximum Gasteiger partial charge on any atom is 0.307 e. The van der Waals surface area contributed by atoms with Crippen molar-refractivity contribution < 1.29 is 29.4 Å². The van der Waals surface area contributed by atoms with Gasteiger partial charge in [-0.3, -0.25) is 20.2 Å². The van der Waals surface area contributed by atoms with Crippen molar-refractivity contribution in [1.29, 1.82) is 0 Å². The molecule has 0 saturated carbocycles. The van der Waals surface area contributed by atoms with Gasteiger partial charge in [-0.25, -0.2) is 10.9 Å². The fraction of sp³-hybridized carbons (Fsp3) is 0.381. The van der Waals surface area contributed by atoms with Gasteiger partial charge in [0.1, 0.15) is 0 Å². The van der Waals surface area contributed by atoms with Gasteiger partial charge in [0.05, 0.1) is 37.3 Å². The minimum atomic E-state index is -0.954. The molecular weight excluding hydrogens is 420 g/mol. The molecule has 5 unspecified atom stereocenters. The van der Waals surface area contributed by atoms with E-state index in [-0.39, 0.29) is 35.4 Å². The van der Waals surface area contributed by atoms with Crippen molar-refractivity contribution in [1.82, 2.24) is 16.2 Å². The molecule has 4 rings (SSSR count). The van der Waals surface area contributed by atoms with E-state index in [2.05, 4.69) is 16.2 Å². The smallest absolute Gasteiger partial charge is 0.307 e. The van der Waals surface area contributed by atoms with Gasteiger partial charge in [-0.05, 0) is 29.7 Å². The number of phenols is 1. The molecule has 2 heterocycles. The van der Waals surface area contributed by atoms with Gasteiger partial charge < -0.3 is 19.7 Å². The van der Waals surface area contributed by atoms with E-state index in [4.69, 9.17) is 9.47 Å². The number of fused-ring (bicyclic) bond motifs is 1. The van der Waals surface area contributed by atoms with Crippen LogP contribution in [-0.4, -0.2) is 41.5 Å². The van der Waals surface area contributed by atoms with Crippen LogP contribution in [0.4, 0.5) is 5.69 Å². The van der Waals surface area contributed by atoms with Gasteiger partial charge in [-0.1, -0.05) is 12.1 Å². The average molecular weight is 444 g/mol. The van der Waals surface area contributed by atoms with E-state index in [1.807, 2.05) is 0 Å². The third-order valence-corrected chi connectivity index (χ3v) is 6.16. The molecule has 2 aromatic rings. The summed E-state index contributed by atoms with van der Waals surface area (Å²) in [5.74, 6) is -1.78. The summed E-state index contributed by atoms with van der Waals surface area (Å²) in [6, 6.07) is 8.70. The summed E-state index contributed by atoms with van der Waals surface area (Å²) in [6.07, 6.45) is -0.146. The number of ether oxygens (including phenoxy) is 2. The molecule has 2 aliphatic heterocycles. The van der Waals surface area contributed by atoms with Crippen LogP contribution in [0.25, 0.3) is 0 Å². The summed E-state index contributed by atoms with van der Waals surface area (Å²) in [4.78, 5) is 22.9. The number of nitrogens with one attached hydrogen (secondary N) is 3. The average Bonchev–Trinajstić information content (AvgIpc) is 3.22. The Bertz CT molecular complexity index is 1020. The van der Waals surface area contributed by atoms with Crippen LogP contribution >= 0.6 is 0 Å². The quantitative estimate of drug-likeness (QED) is 0.329. The van der Waals surface area contributed by atoms with Crippen molar-refractivity contribution in [2.45, 2.75) is 24.7 Å². The lowest BCUT2D eigenvalue weighted by Crippen LogP contribution is -2.53. The molecule has 170 valence electrons. The van der Waals surface area contributed by atoms with E-state index in [0.29, 0.717) is 11.1 Å². The first-order valence-electron chi connectivity index (χ1n) is 10.0. The zero-order chi connectivity index (χ0) is 23.0. The van der Waals surface area contributed by atoms with Gasteiger partial charge in [0.25, 0.3) is 5.69 Å². The topological polar surface area (TPSA) is 155 Å². The number of hydrogen-bond donors (Lipinski definition) is 5. The van der Waals surface area contributed by atoms with Crippen molar-refractivity contribution in [3.05, 3.63) is 57.6 Å². The summed E-state index contributed by atoms with van der Waals surface area (Å²) in [5.41, 5.74) is 7.50. The maximum atomic E-state index is 12.2. The fourth-order valence-corrected chi connectivity index (χ4v) is 4.63. The molecular formula is C21H24N4O7. The number of nitro groups is 1. The maximum absolute atomic E-state index is 12.2. The molecule has 11 heteroatoms. The number of aromatic hydroxyl groups is 1. The van der Waals surface area contributed by atoms with Crippen LogP contribution < -0.4 is 25.6 Å². The first-order valence-corrected chi connectivity index (χ1v) is 10.0. The normalized spacial score (nSPS) is 26.9. The largest absolute Gasteiger partial charge is 0.502 e. The highest BCUT2D eigenvalue weighted by atomic mass is 16.6. The van der Waals surface area contributed by atoms with E-state index in [1.54, 1.807) is 24.3 Å². The van der Waals surface area contributed by atoms with E-state index < -0.39 is 34.9 Å². The van der Waals surface area contributed by atoms with Crippen LogP contribution in [0.2, 0.25) is 0 Å². The Kier molecular flexibility index (Phi) is 5.87. The van der Waals surface area contributed by atoms with Gasteiger partial charge in [-0.2, -0.15) is 0 Å². The van der Waals surface area contributed by atoms with Gasteiger partial charge in [0, 0.05) is 24.1 Å². The molecule has 0 spiro atoms. The van der Waals surface area contributed by atoms with Gasteiger partial charge in [0.15, 0.2) is 11.5 Å². The number of piperidine rings is 1. The molecule has 0 aliphatic carbocycles. The molecule has 2 aromatic carbocycles. The van der Waals surface area contributed by atoms with Crippen LogP contribution in [0.15, 0.2) is 36.4 Å². The van der Waals surface area contributed by atoms with Crippen molar-refractivity contribution in [3.63, 3.8) is 0 Å². The Hall–Kier alpha value is -3.41. The fourth-order valence-electron chi connectivity index (χ4n) is 4.63. The summed E-state index contributed by atoms with van der Waals surface area (Å²) in [6.45, 7) is 0. The molecule has 32 heavy (non-hydrogen) atoms. The van der Waals surface area contributed by atoms with Gasteiger partial charge in [-0.15, -0.1) is 0 Å². The molecule has 0 bridgehead atoms. The predicted octanol–water partition coefficient (Wildman–Crippen LogP) is 1.84. The number of hydrogen-bond acceptors (Lipinski definition) is 9. The van der Waals surface area contributed by atoms with E-state index in [1.165, 1.54) is 26.4 Å². The third kappa shape index (κ3) is 3.81. The number of carboxylic acid groups (broad SMARTS) is 1. The lowest BCUT2D eigenvalue weighted by molar-refractivity contribution is -0.384. The zero-order valence-electron chi connectivity index (χ0n) is 17.4. The van der Waals surface area contributed by atoms with E-state index in [9.17, 15) is 25.1 Å². The van der Waals surface area contributed by atoms with Crippen LogP contribution in [0, 0.1) is 22.0 Å². The highest BCUT2D eigenvalue weighted by Gasteiger charge is 2.49. The Morgan fingerprint density at radius 2 is 1.81 bits per heavy atom. The lowest BCUT2D eigenvalue weighted by Gasteiger charge is -2.39. The molecule has 2 fully saturated rings. The Labute approximate surface area is 183 Å². The number of carboxylic acids is 1. The Balaban J connectivity index is 1.66. The summed E-state index contributed by atoms with van der Waals surface area (Å²) >= 11 is 0. The summed E-state index contributed by atoms with van der Waals surface area (Å²) < 4.78 is 10.5. The predicted molar refractivity (Wildman–Crippen MR) is 112 cm³/mol. The number of aliphatic carboxylic acids is 1. The van der Waals surface area contributed by atoms with Crippen LogP contribution in [-0.2, 0) is 4.79 Å². The molecule has 2 aliphatic rings. The summed E-state index contributed by atoms with van der Waals surface area (Å²) in [7, 11) is 2.85. The Morgan fingerprint density at radius 1 is 1.12 bits per heavy atom. The molecule has 11 nitrogen and oxygen atoms in total. The second kappa shape index (κ2) is 8.61. The molecule has 0 aromatic heterocycles. The first-order chi connectivity index (χ1) is 15.3. The lowest BCUT2D eigenvalue weighted by atomic mass is 9.74. The number of nitro benzene ring substituents is 1. The number of non-ortho nitro benzene ring substituents is 1. The van der Waals surface area contributed by atoms with Crippen molar-refractivity contribution in [2.75, 3.05) is 14.2 Å². The number of phenolic OH excluding ortho intramolecular Hbond substituents is 1. The monoisotopic (exact) mass is 444 g/mol. The zero-order valence-corrected chi connectivity index (χ0v) is 17.4. The minimum Gasteiger partial charge on any atom is -0.502 e. The number of nitrogens with zero attached hydrogens (tertiary/aromatic N) is 1. The second-order valence-corrected chi connectivity index (χ2v) is 7.85. The minimum absolute atomic E-state index is 0.0513. The van der Waals surface area contributed by atoms with Gasteiger partial charge in [0.2, 0.25) is 5.75 Å². The number of carbonyl (C=O) groups is 1. The van der Waals surface area contributed by atoms with Crippen LogP contribution in [0.5, 0.6) is 17.2 Å². The highest BCUT2D eigenvalue weighted by molar-refractivity contribution is 5.71. The number of benzene rings is 2. The third-order valence-electron chi connectivity index (χ3n) is 6.16. The number of rotatable bonds is 6. The van der Waals surface area contributed by atoms with Crippen molar-refractivity contribution in [2.24, 2.45) is 11.8 Å². The standard InChI is InChI=1S/C21H24N4O7/c1-31-15-7-11(8-16(32-2)19(15)26)14-9-13(21(27)28)17-18(23-24-20(17)22-14)10-4-3-5-12(6-10)25(29)30/h3-8,13-14,17-18,20,22-24,26H,9H2,1-2H3,(H,27,28). The molecule has 0 radical (unpaired) electrons. The van der Waals surface area contributed by atoms with E-state index in [0.717, 1.165) is 0 Å². The van der Waals surface area contributed by atoms with Crippen LogP contribution in [0.3, 0.4) is 0 Å². The second-order valence-electron chi connectivity index (χ2n) is 7.85. The Morgan fingerprint density at radius 3 is 2.41 bits per heavy atom. The van der Waals surface area contributed by atoms with Crippen molar-refractivity contribution >= 4 is 11.7 Å². The summed E-state index contributed by atoms with van der Waals surface area (Å²) in [5, 5.41) is 34.8. The molecule has 0 amide bonds. The van der Waals surface area contributed by atoms with E-state index >= 15 is 0 Å². The number of hydrazine groups is 1. The first kappa shape index (κ1) is 21.8. The van der Waals surface area contributed by atoms with Crippen LogP contribution in [0.1, 0.15) is 29.6 Å². The highest BCUT2D eigenvalue weighted by Crippen LogP contribution is 2.45. The van der Waals surface area contributed by atoms with Gasteiger partial charge >= 0.3 is 5.97 Å². The molecule has 5 atom stereocenters. The number of methoxy groups -OCH3 is 2. The van der Waals surface area contributed by atoms with Crippen molar-refractivity contribution in [3.8, 4) is 17.2 Å².